The number of fused-ring (bicyclic) bond motifs is 1. The Morgan fingerprint density at radius 2 is 1.74 bits per heavy atom. The van der Waals surface area contributed by atoms with Crippen molar-refractivity contribution in [3.8, 4) is 0 Å². The highest BCUT2D eigenvalue weighted by molar-refractivity contribution is 9.24. The minimum Gasteiger partial charge on any atom is -0.462 e. The van der Waals surface area contributed by atoms with E-state index >= 15 is 0 Å². The van der Waals surface area contributed by atoms with Gasteiger partial charge in [0, 0.05) is 10.0 Å². The van der Waals surface area contributed by atoms with Crippen LogP contribution in [-0.2, 0) is 15.1 Å². The summed E-state index contributed by atoms with van der Waals surface area (Å²) in [5, 5.41) is 2.08. The number of allylic oxidation sites excluding steroid dienone is 1. The molecule has 4 rings (SSSR count). The number of carbonyl (C=O) groups is 1. The highest BCUT2D eigenvalue weighted by Crippen LogP contribution is 2.56. The van der Waals surface area contributed by atoms with E-state index in [0.717, 1.165) is 22.0 Å². The molecule has 0 saturated heterocycles. The molecule has 162 valence electrons. The fourth-order valence-electron chi connectivity index (χ4n) is 3.92. The van der Waals surface area contributed by atoms with Gasteiger partial charge in [0.15, 0.2) is 5.17 Å². The van der Waals surface area contributed by atoms with Gasteiger partial charge in [-0.3, -0.25) is 0 Å². The molecule has 0 spiro atoms. The zero-order chi connectivity index (χ0) is 22.3. The molecule has 0 aromatic heterocycles. The summed E-state index contributed by atoms with van der Waals surface area (Å²) in [6.07, 6.45) is 0. The van der Waals surface area contributed by atoms with Crippen molar-refractivity contribution in [2.75, 3.05) is 6.61 Å². The minimum atomic E-state index is -0.610. The molecule has 0 aliphatic carbocycles. The molecule has 2 aliphatic heterocycles. The number of rotatable bonds is 5. The van der Waals surface area contributed by atoms with Gasteiger partial charge in [0.2, 0.25) is 0 Å². The van der Waals surface area contributed by atoms with Crippen LogP contribution in [0.3, 0.4) is 0 Å². The van der Waals surface area contributed by atoms with Crippen LogP contribution in [0.25, 0.3) is 0 Å². The number of hydrogen-bond acceptors (Lipinski definition) is 5. The summed E-state index contributed by atoms with van der Waals surface area (Å²) < 4.78 is 5.04. The molecule has 2 atom stereocenters. The van der Waals surface area contributed by atoms with Crippen LogP contribution in [0.4, 0.5) is 0 Å². The zero-order valence-electron chi connectivity index (χ0n) is 16.6. The van der Waals surface area contributed by atoms with Crippen molar-refractivity contribution in [1.82, 2.24) is 4.90 Å². The molecule has 0 saturated carbocycles. The molecular formula is C22H18Br2Cl2N2O2S. The topological polar surface area (TPSA) is 41.9 Å². The number of ether oxygens (including phenoxy) is 1. The van der Waals surface area contributed by atoms with Gasteiger partial charge in [-0.1, -0.05) is 79.3 Å². The Kier molecular flexibility index (Phi) is 6.80. The van der Waals surface area contributed by atoms with Gasteiger partial charge in [-0.2, -0.15) is 0 Å². The lowest BCUT2D eigenvalue weighted by Gasteiger charge is -2.36. The molecule has 2 aromatic carbocycles. The smallest absolute Gasteiger partial charge is 0.346 e. The Hall–Kier alpha value is -0.990. The molecule has 9 heteroatoms. The van der Waals surface area contributed by atoms with Gasteiger partial charge in [-0.05, 0) is 61.0 Å². The predicted molar refractivity (Wildman–Crippen MR) is 135 cm³/mol. The van der Waals surface area contributed by atoms with Crippen LogP contribution in [-0.4, -0.2) is 26.4 Å². The zero-order valence-corrected chi connectivity index (χ0v) is 22.1. The molecule has 0 radical (unpaired) electrons. The summed E-state index contributed by atoms with van der Waals surface area (Å²) in [5.41, 5.74) is 2.22. The first-order chi connectivity index (χ1) is 14.8. The lowest BCUT2D eigenvalue weighted by atomic mass is 9.81. The summed E-state index contributed by atoms with van der Waals surface area (Å²) in [6.45, 7) is 4.20. The highest BCUT2D eigenvalue weighted by atomic mass is 79.9. The van der Waals surface area contributed by atoms with Crippen molar-refractivity contribution < 1.29 is 9.53 Å². The molecule has 31 heavy (non-hydrogen) atoms. The minimum absolute atomic E-state index is 0.201. The van der Waals surface area contributed by atoms with E-state index in [4.69, 9.17) is 32.9 Å². The Bertz CT molecular complexity index is 1070. The number of amidine groups is 1. The molecule has 4 nitrogen and oxygen atoms in total. The molecule has 2 aromatic rings. The first-order valence-electron chi connectivity index (χ1n) is 9.54. The maximum absolute atomic E-state index is 12.7. The molecule has 2 aliphatic rings. The second kappa shape index (κ2) is 9.10. The van der Waals surface area contributed by atoms with Gasteiger partial charge in [-0.25, -0.2) is 9.79 Å². The average Bonchev–Trinajstić information content (AvgIpc) is 3.22. The lowest BCUT2D eigenvalue weighted by molar-refractivity contribution is -0.137. The van der Waals surface area contributed by atoms with E-state index in [1.807, 2.05) is 48.5 Å². The second-order valence-electron chi connectivity index (χ2n) is 7.21. The Morgan fingerprint density at radius 1 is 1.16 bits per heavy atom. The maximum atomic E-state index is 12.7. The van der Waals surface area contributed by atoms with E-state index < -0.39 is 5.54 Å². The lowest BCUT2D eigenvalue weighted by Crippen LogP contribution is -2.36. The van der Waals surface area contributed by atoms with E-state index in [9.17, 15) is 4.79 Å². The number of thioether (sulfide) groups is 1. The summed E-state index contributed by atoms with van der Waals surface area (Å²) in [5.74, 6) is -0.355. The number of carbonyl (C=O) groups excluding carboxylic acids is 1. The van der Waals surface area contributed by atoms with Crippen molar-refractivity contribution in [3.05, 3.63) is 80.3 Å². The first kappa shape index (κ1) is 23.2. The Balaban J connectivity index is 1.89. The maximum Gasteiger partial charge on any atom is 0.346 e. The van der Waals surface area contributed by atoms with Gasteiger partial charge in [-0.15, -0.1) is 0 Å². The van der Waals surface area contributed by atoms with Crippen molar-refractivity contribution in [1.29, 1.82) is 0 Å². The van der Waals surface area contributed by atoms with E-state index in [-0.39, 0.29) is 15.7 Å². The van der Waals surface area contributed by atoms with Gasteiger partial charge >= 0.3 is 5.97 Å². The SMILES string of the molecule is CCOC(=O)C1=C(C(Br)Br)N2C(=N[C@@](C)(c3ccc(Cl)cc3)[C@H]2c2ccc(Cl)cc2)S1. The van der Waals surface area contributed by atoms with E-state index in [1.165, 1.54) is 11.8 Å². The van der Waals surface area contributed by atoms with Crippen LogP contribution in [0.1, 0.15) is 31.0 Å². The molecule has 0 N–H and O–H groups in total. The molecular weight excluding hydrogens is 587 g/mol. The van der Waals surface area contributed by atoms with Crippen molar-refractivity contribution in [2.45, 2.75) is 29.2 Å². The van der Waals surface area contributed by atoms with Crippen LogP contribution in [0.15, 0.2) is 64.1 Å². The van der Waals surface area contributed by atoms with Crippen molar-refractivity contribution in [2.24, 2.45) is 4.99 Å². The Labute approximate surface area is 212 Å². The second-order valence-corrected chi connectivity index (χ2v) is 12.1. The predicted octanol–water partition coefficient (Wildman–Crippen LogP) is 7.26. The largest absolute Gasteiger partial charge is 0.462 e. The molecule has 2 heterocycles. The normalized spacial score (nSPS) is 22.7. The van der Waals surface area contributed by atoms with Crippen LogP contribution in [0.5, 0.6) is 0 Å². The van der Waals surface area contributed by atoms with E-state index in [0.29, 0.717) is 21.6 Å². The van der Waals surface area contributed by atoms with Gasteiger partial charge in [0.1, 0.15) is 14.2 Å². The number of nitrogens with zero attached hydrogens (tertiary/aromatic N) is 2. The molecule has 0 bridgehead atoms. The van der Waals surface area contributed by atoms with E-state index in [1.54, 1.807) is 6.92 Å². The number of halogens is 4. The number of esters is 1. The number of alkyl halides is 2. The van der Waals surface area contributed by atoms with Gasteiger partial charge < -0.3 is 9.64 Å². The van der Waals surface area contributed by atoms with E-state index in [2.05, 4.69) is 43.7 Å². The molecule has 0 amide bonds. The van der Waals surface area contributed by atoms with Crippen molar-refractivity contribution >= 4 is 78.0 Å². The average molecular weight is 605 g/mol. The third-order valence-corrected chi connectivity index (χ3v) is 7.71. The molecule has 0 fully saturated rings. The number of aliphatic imine (C=N–C) groups is 1. The summed E-state index contributed by atoms with van der Waals surface area (Å²) in [7, 11) is 0. The summed E-state index contributed by atoms with van der Waals surface area (Å²) in [6, 6.07) is 15.3. The van der Waals surface area contributed by atoms with Crippen LogP contribution >= 0.6 is 66.8 Å². The summed E-state index contributed by atoms with van der Waals surface area (Å²) >= 11 is 20.9. The van der Waals surface area contributed by atoms with Gasteiger partial charge in [0.25, 0.3) is 0 Å². The standard InChI is InChI=1S/C22H18Br2Cl2N2O2S/c1-3-30-20(29)17-16(19(23)24)28-18(12-4-8-14(25)9-5-12)22(2,27-21(28)31-17)13-6-10-15(26)11-7-13/h4-11,18-19H,3H2,1-2H3/t18-,22+/m1/s1. The number of hydrogen-bond donors (Lipinski definition) is 0. The van der Waals surface area contributed by atoms with Crippen LogP contribution < -0.4 is 0 Å². The fourth-order valence-corrected chi connectivity index (χ4v) is 6.56. The van der Waals surface area contributed by atoms with Crippen LogP contribution in [0, 0.1) is 0 Å². The number of benzene rings is 2. The van der Waals surface area contributed by atoms with Crippen molar-refractivity contribution in [3.63, 3.8) is 0 Å². The summed E-state index contributed by atoms with van der Waals surface area (Å²) in [4.78, 5) is 20.5. The monoisotopic (exact) mass is 602 g/mol. The molecule has 0 unspecified atom stereocenters. The quantitative estimate of drug-likeness (QED) is 0.266. The van der Waals surface area contributed by atoms with Crippen LogP contribution in [0.2, 0.25) is 10.0 Å². The first-order valence-corrected chi connectivity index (χ1v) is 12.9. The Morgan fingerprint density at radius 3 is 2.29 bits per heavy atom. The highest BCUT2D eigenvalue weighted by Gasteiger charge is 2.53. The fraction of sp³-hybridized carbons (Fsp3) is 0.273. The van der Waals surface area contributed by atoms with Gasteiger partial charge in [0.05, 0.1) is 18.3 Å². The third kappa shape index (κ3) is 4.20. The third-order valence-electron chi connectivity index (χ3n) is 5.29.